The summed E-state index contributed by atoms with van der Waals surface area (Å²) in [5, 5.41) is 19.7. The van der Waals surface area contributed by atoms with Crippen LogP contribution in [-0.2, 0) is 9.47 Å². The van der Waals surface area contributed by atoms with E-state index in [1.807, 2.05) is 11.8 Å². The number of methoxy groups -OCH3 is 1. The van der Waals surface area contributed by atoms with Gasteiger partial charge in [0.2, 0.25) is 5.88 Å². The molecule has 0 spiro atoms. The molecule has 0 bridgehead atoms. The van der Waals surface area contributed by atoms with E-state index in [2.05, 4.69) is 28.9 Å². The van der Waals surface area contributed by atoms with Gasteiger partial charge in [0.15, 0.2) is 5.82 Å². The first-order chi connectivity index (χ1) is 25.3. The van der Waals surface area contributed by atoms with Crippen molar-refractivity contribution >= 4 is 39.2 Å². The third kappa shape index (κ3) is 6.28. The van der Waals surface area contributed by atoms with Crippen LogP contribution in [0.25, 0.3) is 33.1 Å². The summed E-state index contributed by atoms with van der Waals surface area (Å²) in [6, 6.07) is 2.09. The van der Waals surface area contributed by atoms with Crippen molar-refractivity contribution in [1.29, 1.82) is 0 Å². The van der Waals surface area contributed by atoms with E-state index in [4.69, 9.17) is 51.2 Å². The number of nitrogens with zero attached hydrogens (tertiary/aromatic N) is 6. The number of H-pyrrole nitrogens is 1. The van der Waals surface area contributed by atoms with Crippen molar-refractivity contribution in [2.75, 3.05) is 51.5 Å². The number of likely N-dealkylation sites (tertiary alicyclic amines) is 1. The van der Waals surface area contributed by atoms with Crippen LogP contribution in [0.4, 0.5) is 10.2 Å². The van der Waals surface area contributed by atoms with Gasteiger partial charge in [-0.2, -0.15) is 15.1 Å². The van der Waals surface area contributed by atoms with Crippen molar-refractivity contribution in [1.82, 2.24) is 30.0 Å². The molecule has 286 valence electrons. The molecule has 13 nitrogen and oxygen atoms in total. The number of rotatable bonds is 7. The van der Waals surface area contributed by atoms with Crippen LogP contribution in [0.15, 0.2) is 12.3 Å². The lowest BCUT2D eigenvalue weighted by molar-refractivity contribution is -0.135. The first-order valence-corrected chi connectivity index (χ1v) is 19.2. The smallest absolute Gasteiger partial charge is 0.319 e. The topological polar surface area (TPSA) is 157 Å². The maximum Gasteiger partial charge on any atom is 0.319 e. The molecule has 4 fully saturated rings. The van der Waals surface area contributed by atoms with Crippen LogP contribution in [0.5, 0.6) is 11.9 Å². The highest BCUT2D eigenvalue weighted by molar-refractivity contribution is 6.33. The zero-order valence-corrected chi connectivity index (χ0v) is 31.9. The number of nitrogens with one attached hydrogen (secondary N) is 1. The first-order valence-electron chi connectivity index (χ1n) is 18.8. The molecule has 4 N–H and O–H groups in total. The lowest BCUT2D eigenvalue weighted by Gasteiger charge is -2.57. The largest absolute Gasteiger partial charge is 0.480 e. The molecule has 6 heterocycles. The Kier molecular flexibility index (Phi) is 9.46. The number of piperidine rings is 1. The third-order valence-corrected chi connectivity index (χ3v) is 12.5. The number of ether oxygens (including phenoxy) is 4. The Labute approximate surface area is 313 Å². The molecule has 8 rings (SSSR count). The van der Waals surface area contributed by atoms with Gasteiger partial charge in [-0.1, -0.05) is 11.6 Å². The van der Waals surface area contributed by atoms with E-state index in [1.165, 1.54) is 7.11 Å². The predicted molar refractivity (Wildman–Crippen MR) is 200 cm³/mol. The Morgan fingerprint density at radius 1 is 1.13 bits per heavy atom. The molecule has 1 saturated carbocycles. The molecule has 2 unspecified atom stereocenters. The number of pyridine rings is 1. The minimum Gasteiger partial charge on any atom is -0.480 e. The fourth-order valence-electron chi connectivity index (χ4n) is 9.72. The van der Waals surface area contributed by atoms with Crippen molar-refractivity contribution in [3.8, 4) is 23.1 Å². The van der Waals surface area contributed by atoms with Gasteiger partial charge in [-0.15, -0.1) is 0 Å². The SMILES string of the molecule is COc1nc(-c2c(C)c(Cl)cc3[nH]ncc23)c(F)c2nc(OC[C@@]34CCCN(C5C[C@@H](C)O[C@@H](C)C5)C3(N)CCC4)nc(N3CCOC[C@@](C)(O)C3)c12. The van der Waals surface area contributed by atoms with Crippen molar-refractivity contribution in [2.45, 2.75) is 102 Å². The summed E-state index contributed by atoms with van der Waals surface area (Å²) in [6.07, 6.45) is 8.51. The number of aliphatic hydroxyl groups is 1. The van der Waals surface area contributed by atoms with Crippen LogP contribution in [0.3, 0.4) is 0 Å². The second-order valence-corrected chi connectivity index (χ2v) is 16.4. The summed E-state index contributed by atoms with van der Waals surface area (Å²) < 4.78 is 41.7. The first kappa shape index (κ1) is 36.6. The van der Waals surface area contributed by atoms with Gasteiger partial charge in [0.25, 0.3) is 0 Å². The van der Waals surface area contributed by atoms with Gasteiger partial charge >= 0.3 is 6.01 Å². The monoisotopic (exact) mass is 752 g/mol. The fourth-order valence-corrected chi connectivity index (χ4v) is 9.92. The molecule has 53 heavy (non-hydrogen) atoms. The van der Waals surface area contributed by atoms with Crippen molar-refractivity contribution in [2.24, 2.45) is 11.1 Å². The van der Waals surface area contributed by atoms with E-state index in [-0.39, 0.29) is 65.9 Å². The van der Waals surface area contributed by atoms with Crippen LogP contribution in [0.1, 0.15) is 71.3 Å². The number of anilines is 1. The molecule has 15 heteroatoms. The second-order valence-electron chi connectivity index (χ2n) is 16.0. The van der Waals surface area contributed by atoms with Gasteiger partial charge in [0, 0.05) is 40.5 Å². The Hall–Kier alpha value is -3.40. The number of β-amino-alcohol motifs (C(OH)–C–C–N with tert-alkyl or cyclic N) is 1. The summed E-state index contributed by atoms with van der Waals surface area (Å²) in [7, 11) is 1.48. The zero-order chi connectivity index (χ0) is 37.3. The second kappa shape index (κ2) is 13.7. The number of nitrogens with two attached hydrogens (primary N) is 1. The normalized spacial score (nSPS) is 31.2. The average Bonchev–Trinajstić information content (AvgIpc) is 3.67. The minimum absolute atomic E-state index is 0.0146. The molecule has 0 radical (unpaired) electrons. The number of aromatic amines is 1. The van der Waals surface area contributed by atoms with Gasteiger partial charge in [-0.3, -0.25) is 10.00 Å². The Morgan fingerprint density at radius 2 is 1.91 bits per heavy atom. The van der Waals surface area contributed by atoms with Crippen LogP contribution in [0, 0.1) is 18.2 Å². The molecule has 0 amide bonds. The molecule has 4 aromatic rings. The van der Waals surface area contributed by atoms with Crippen molar-refractivity contribution in [3.63, 3.8) is 0 Å². The quantitative estimate of drug-likeness (QED) is 0.218. The van der Waals surface area contributed by atoms with Crippen LogP contribution < -0.4 is 20.1 Å². The van der Waals surface area contributed by atoms with Crippen LogP contribution >= 0.6 is 11.6 Å². The maximum atomic E-state index is 17.3. The van der Waals surface area contributed by atoms with Gasteiger partial charge in [-0.05, 0) is 84.3 Å². The van der Waals surface area contributed by atoms with Gasteiger partial charge < -0.3 is 34.7 Å². The van der Waals surface area contributed by atoms with E-state index in [9.17, 15) is 5.11 Å². The number of aromatic nitrogens is 5. The van der Waals surface area contributed by atoms with Gasteiger partial charge in [0.05, 0.1) is 56.5 Å². The fraction of sp³-hybridized carbons (Fsp3) is 0.632. The van der Waals surface area contributed by atoms with Gasteiger partial charge in [0.1, 0.15) is 34.6 Å². The van der Waals surface area contributed by atoms with E-state index < -0.39 is 17.1 Å². The Balaban J connectivity index is 1.24. The third-order valence-electron chi connectivity index (χ3n) is 12.1. The summed E-state index contributed by atoms with van der Waals surface area (Å²) in [6.45, 7) is 10.0. The van der Waals surface area contributed by atoms with Gasteiger partial charge in [-0.25, -0.2) is 9.37 Å². The molecule has 3 aliphatic heterocycles. The lowest BCUT2D eigenvalue weighted by Crippen LogP contribution is -2.71. The molecule has 3 aromatic heterocycles. The summed E-state index contributed by atoms with van der Waals surface area (Å²) in [5.41, 5.74) is 7.16. The van der Waals surface area contributed by atoms with Crippen molar-refractivity contribution in [3.05, 3.63) is 28.7 Å². The zero-order valence-electron chi connectivity index (χ0n) is 31.2. The van der Waals surface area contributed by atoms with Crippen LogP contribution in [0.2, 0.25) is 5.02 Å². The predicted octanol–water partition coefficient (Wildman–Crippen LogP) is 5.52. The molecule has 6 atom stereocenters. The summed E-state index contributed by atoms with van der Waals surface area (Å²) >= 11 is 6.65. The molecular formula is C38H50ClFN8O5. The molecule has 1 aromatic carbocycles. The van der Waals surface area contributed by atoms with Crippen molar-refractivity contribution < 1.29 is 28.4 Å². The highest BCUT2D eigenvalue weighted by atomic mass is 35.5. The lowest BCUT2D eigenvalue weighted by atomic mass is 9.70. The molecule has 3 saturated heterocycles. The standard InChI is InChI=1S/C38H50ClFN8O5/c1-21-14-24(15-22(2)53-21)48-11-7-9-37(8-6-10-38(37,48)41)20-52-35-44-32-29(33(45-35)47-12-13-51-19-36(4,49)18-47)34(50-5)43-31(30(32)40)28-23(3)26(39)16-27-25(28)17-42-46-27/h16-17,21-22,24,49H,6-15,18-20,41H2,1-5H3,(H,42,46)/t21-,22+,24?,36-,37+,38?/m0/s1. The number of fused-ring (bicyclic) bond motifs is 3. The molecule has 4 aliphatic rings. The van der Waals surface area contributed by atoms with E-state index >= 15 is 4.39 Å². The van der Waals surface area contributed by atoms with Crippen LogP contribution in [-0.4, -0.2) is 111 Å². The highest BCUT2D eigenvalue weighted by Crippen LogP contribution is 2.54. The number of benzene rings is 1. The number of hydrogen-bond donors (Lipinski definition) is 3. The van der Waals surface area contributed by atoms with E-state index in [0.29, 0.717) is 52.1 Å². The Bertz CT molecular complexity index is 2020. The average molecular weight is 753 g/mol. The van der Waals surface area contributed by atoms with E-state index in [1.54, 1.807) is 19.2 Å². The number of hydrogen-bond acceptors (Lipinski definition) is 12. The molecule has 1 aliphatic carbocycles. The Morgan fingerprint density at radius 3 is 2.68 bits per heavy atom. The molecular weight excluding hydrogens is 703 g/mol. The highest BCUT2D eigenvalue weighted by Gasteiger charge is 2.59. The van der Waals surface area contributed by atoms with E-state index in [0.717, 1.165) is 51.5 Å². The number of halogens is 2. The summed E-state index contributed by atoms with van der Waals surface area (Å²) in [4.78, 5) is 18.8. The minimum atomic E-state index is -1.20. The maximum absolute atomic E-state index is 17.3. The summed E-state index contributed by atoms with van der Waals surface area (Å²) in [5.74, 6) is -0.226.